The van der Waals surface area contributed by atoms with Gasteiger partial charge < -0.3 is 10.2 Å². The summed E-state index contributed by atoms with van der Waals surface area (Å²) in [6.45, 7) is 2.69. The van der Waals surface area contributed by atoms with Gasteiger partial charge in [-0.15, -0.1) is 0 Å². The van der Waals surface area contributed by atoms with Crippen LogP contribution in [-0.2, 0) is 0 Å². The number of amides is 1. The third kappa shape index (κ3) is 4.99. The number of nitrogens with zero attached hydrogens (tertiary/aromatic N) is 1. The number of hydrogen-bond acceptors (Lipinski definition) is 2. The first-order valence-electron chi connectivity index (χ1n) is 10.2. The molecule has 0 saturated heterocycles. The lowest BCUT2D eigenvalue weighted by Crippen LogP contribution is -2.34. The van der Waals surface area contributed by atoms with Crippen LogP contribution < -0.4 is 5.32 Å². The molecule has 0 radical (unpaired) electrons. The molecule has 0 spiro atoms. The maximum absolute atomic E-state index is 13.7. The van der Waals surface area contributed by atoms with Gasteiger partial charge >= 0.3 is 0 Å². The minimum Gasteiger partial charge on any atom is -0.352 e. The third-order valence-corrected chi connectivity index (χ3v) is 6.03. The van der Waals surface area contributed by atoms with E-state index in [1.165, 1.54) is 6.07 Å². The zero-order chi connectivity index (χ0) is 20.1. The van der Waals surface area contributed by atoms with Crippen LogP contribution in [0, 0.1) is 24.6 Å². The number of aryl methyl sites for hydroxylation is 1. The molecule has 1 N–H and O–H groups in total. The average Bonchev–Trinajstić information content (AvgIpc) is 2.67. The van der Waals surface area contributed by atoms with E-state index in [0.717, 1.165) is 48.9 Å². The first kappa shape index (κ1) is 20.5. The second-order valence-corrected chi connectivity index (χ2v) is 8.27. The van der Waals surface area contributed by atoms with E-state index in [4.69, 9.17) is 0 Å². The van der Waals surface area contributed by atoms with Crippen molar-refractivity contribution in [2.75, 3.05) is 20.6 Å². The molecule has 28 heavy (non-hydrogen) atoms. The second kappa shape index (κ2) is 9.33. The van der Waals surface area contributed by atoms with E-state index in [1.54, 1.807) is 12.1 Å². The summed E-state index contributed by atoms with van der Waals surface area (Å²) < 4.78 is 13.7. The summed E-state index contributed by atoms with van der Waals surface area (Å²) in [6.07, 6.45) is 4.39. The molecule has 1 aliphatic rings. The van der Waals surface area contributed by atoms with Gasteiger partial charge in [0.2, 0.25) is 0 Å². The van der Waals surface area contributed by atoms with Crippen LogP contribution in [0.5, 0.6) is 0 Å². The van der Waals surface area contributed by atoms with Gasteiger partial charge in [0.05, 0.1) is 0 Å². The van der Waals surface area contributed by atoms with Crippen molar-refractivity contribution in [2.45, 2.75) is 38.6 Å². The summed E-state index contributed by atoms with van der Waals surface area (Å²) in [6, 6.07) is 14.9. The van der Waals surface area contributed by atoms with Crippen LogP contribution in [0.1, 0.15) is 53.2 Å². The average molecular weight is 383 g/mol. The van der Waals surface area contributed by atoms with E-state index in [1.807, 2.05) is 37.3 Å². The number of nitrogens with one attached hydrogen (secondary N) is 1. The number of rotatable bonds is 6. The largest absolute Gasteiger partial charge is 0.352 e. The standard InChI is InChI=1S/C24H31FN2O/c1-17-7-4-5-10-22(17)24(28)26-16-18-11-13-19(14-12-18)23(27(2)3)20-8-6-9-21(25)15-20/h4-10,15,18-19,23H,11-14,16H2,1-3H3,(H,26,28). The van der Waals surface area contributed by atoms with Crippen molar-refractivity contribution in [3.05, 3.63) is 71.0 Å². The third-order valence-electron chi connectivity index (χ3n) is 6.03. The van der Waals surface area contributed by atoms with Gasteiger partial charge in [0.15, 0.2) is 0 Å². The summed E-state index contributed by atoms with van der Waals surface area (Å²) in [7, 11) is 4.15. The van der Waals surface area contributed by atoms with E-state index >= 15 is 0 Å². The van der Waals surface area contributed by atoms with Gasteiger partial charge in [-0.1, -0.05) is 30.3 Å². The molecular weight excluding hydrogens is 351 g/mol. The fraction of sp³-hybridized carbons (Fsp3) is 0.458. The van der Waals surface area contributed by atoms with Crippen LogP contribution in [0.3, 0.4) is 0 Å². The highest BCUT2D eigenvalue weighted by Gasteiger charge is 2.30. The Balaban J connectivity index is 1.55. The zero-order valence-corrected chi connectivity index (χ0v) is 17.1. The minimum absolute atomic E-state index is 0.0196. The lowest BCUT2D eigenvalue weighted by molar-refractivity contribution is 0.0934. The Labute approximate surface area is 167 Å². The molecule has 2 aromatic carbocycles. The van der Waals surface area contributed by atoms with Crippen LogP contribution in [-0.4, -0.2) is 31.4 Å². The molecule has 1 fully saturated rings. The van der Waals surface area contributed by atoms with E-state index < -0.39 is 0 Å². The molecule has 0 heterocycles. The molecule has 0 aromatic heterocycles. The van der Waals surface area contributed by atoms with E-state index in [9.17, 15) is 9.18 Å². The normalized spacial score (nSPS) is 20.8. The fourth-order valence-electron chi connectivity index (χ4n) is 4.55. The Bertz CT molecular complexity index is 797. The van der Waals surface area contributed by atoms with Crippen LogP contribution in [0.15, 0.2) is 48.5 Å². The van der Waals surface area contributed by atoms with Crippen LogP contribution in [0.25, 0.3) is 0 Å². The van der Waals surface area contributed by atoms with Crippen molar-refractivity contribution >= 4 is 5.91 Å². The molecule has 0 bridgehead atoms. The van der Waals surface area contributed by atoms with Crippen molar-refractivity contribution < 1.29 is 9.18 Å². The van der Waals surface area contributed by atoms with E-state index in [-0.39, 0.29) is 17.8 Å². The summed E-state index contributed by atoms with van der Waals surface area (Å²) in [5, 5.41) is 3.12. The smallest absolute Gasteiger partial charge is 0.251 e. The second-order valence-electron chi connectivity index (χ2n) is 8.27. The zero-order valence-electron chi connectivity index (χ0n) is 17.1. The molecule has 4 heteroatoms. The van der Waals surface area contributed by atoms with Crippen LogP contribution in [0.2, 0.25) is 0 Å². The Kier molecular flexibility index (Phi) is 6.84. The number of carbonyl (C=O) groups is 1. The Morgan fingerprint density at radius 3 is 2.46 bits per heavy atom. The van der Waals surface area contributed by atoms with E-state index in [2.05, 4.69) is 24.3 Å². The van der Waals surface area contributed by atoms with Crippen molar-refractivity contribution in [1.82, 2.24) is 10.2 Å². The first-order chi connectivity index (χ1) is 13.5. The van der Waals surface area contributed by atoms with Crippen LogP contribution >= 0.6 is 0 Å². The highest BCUT2D eigenvalue weighted by molar-refractivity contribution is 5.95. The molecule has 1 unspecified atom stereocenters. The van der Waals surface area contributed by atoms with Crippen molar-refractivity contribution in [3.63, 3.8) is 0 Å². The number of benzene rings is 2. The SMILES string of the molecule is Cc1ccccc1C(=O)NCC1CCC(C(c2cccc(F)c2)N(C)C)CC1. The summed E-state index contributed by atoms with van der Waals surface area (Å²) in [4.78, 5) is 14.6. The first-order valence-corrected chi connectivity index (χ1v) is 10.2. The lowest BCUT2D eigenvalue weighted by atomic mass is 9.76. The molecule has 2 aromatic rings. The molecule has 1 atom stereocenters. The maximum Gasteiger partial charge on any atom is 0.251 e. The van der Waals surface area contributed by atoms with E-state index in [0.29, 0.717) is 11.8 Å². The van der Waals surface area contributed by atoms with Crippen molar-refractivity contribution in [3.8, 4) is 0 Å². The predicted octanol–water partition coefficient (Wildman–Crippen LogP) is 4.97. The van der Waals surface area contributed by atoms with Crippen molar-refractivity contribution in [2.24, 2.45) is 11.8 Å². The highest BCUT2D eigenvalue weighted by Crippen LogP contribution is 2.39. The van der Waals surface area contributed by atoms with Gasteiger partial charge in [-0.2, -0.15) is 0 Å². The molecule has 1 aliphatic carbocycles. The monoisotopic (exact) mass is 382 g/mol. The van der Waals surface area contributed by atoms with Gasteiger partial charge in [0.1, 0.15) is 5.82 Å². The summed E-state index contributed by atoms with van der Waals surface area (Å²) in [5.41, 5.74) is 2.82. The Hall–Kier alpha value is -2.20. The summed E-state index contributed by atoms with van der Waals surface area (Å²) in [5.74, 6) is 0.878. The Morgan fingerprint density at radius 2 is 1.82 bits per heavy atom. The van der Waals surface area contributed by atoms with Crippen molar-refractivity contribution in [1.29, 1.82) is 0 Å². The molecule has 0 aliphatic heterocycles. The predicted molar refractivity (Wildman–Crippen MR) is 112 cm³/mol. The highest BCUT2D eigenvalue weighted by atomic mass is 19.1. The van der Waals surface area contributed by atoms with Crippen LogP contribution in [0.4, 0.5) is 4.39 Å². The topological polar surface area (TPSA) is 32.3 Å². The Morgan fingerprint density at radius 1 is 1.11 bits per heavy atom. The quantitative estimate of drug-likeness (QED) is 0.765. The van der Waals surface area contributed by atoms with Gasteiger partial charge in [-0.3, -0.25) is 4.79 Å². The van der Waals surface area contributed by atoms with Gasteiger partial charge in [-0.25, -0.2) is 4.39 Å². The number of halogens is 1. The maximum atomic E-state index is 13.7. The number of hydrogen-bond donors (Lipinski definition) is 1. The fourth-order valence-corrected chi connectivity index (χ4v) is 4.55. The van der Waals surface area contributed by atoms with Gasteiger partial charge in [-0.05, 0) is 87.9 Å². The molecule has 3 nitrogen and oxygen atoms in total. The van der Waals surface area contributed by atoms with Gasteiger partial charge in [0.25, 0.3) is 5.91 Å². The number of carbonyl (C=O) groups excluding carboxylic acids is 1. The minimum atomic E-state index is -0.169. The molecule has 150 valence electrons. The molecular formula is C24H31FN2O. The summed E-state index contributed by atoms with van der Waals surface area (Å²) >= 11 is 0. The molecule has 3 rings (SSSR count). The lowest BCUT2D eigenvalue weighted by Gasteiger charge is -2.37. The van der Waals surface area contributed by atoms with Gasteiger partial charge in [0, 0.05) is 18.2 Å². The molecule has 1 saturated carbocycles. The molecule has 1 amide bonds.